The SMILES string of the molecule is Cc1cc(OCc2ccoc2C(=O)NN)cc(C)c1Cl. The van der Waals surface area contributed by atoms with Crippen LogP contribution in [0.5, 0.6) is 5.75 Å². The third kappa shape index (κ3) is 2.95. The molecule has 20 heavy (non-hydrogen) atoms. The van der Waals surface area contributed by atoms with Crippen molar-refractivity contribution in [1.82, 2.24) is 5.43 Å². The maximum absolute atomic E-state index is 11.5. The van der Waals surface area contributed by atoms with E-state index in [0.29, 0.717) is 11.3 Å². The zero-order chi connectivity index (χ0) is 14.7. The minimum absolute atomic E-state index is 0.148. The molecular weight excluding hydrogens is 280 g/mol. The number of furan rings is 1. The molecule has 0 atom stereocenters. The van der Waals surface area contributed by atoms with Crippen LogP contribution >= 0.6 is 11.6 Å². The van der Waals surface area contributed by atoms with Crippen LogP contribution in [0.3, 0.4) is 0 Å². The van der Waals surface area contributed by atoms with Gasteiger partial charge in [0.15, 0.2) is 5.76 Å². The molecule has 1 aromatic heterocycles. The molecule has 3 N–H and O–H groups in total. The molecule has 0 unspecified atom stereocenters. The van der Waals surface area contributed by atoms with Crippen LogP contribution in [0.25, 0.3) is 0 Å². The van der Waals surface area contributed by atoms with Crippen LogP contribution in [-0.4, -0.2) is 5.91 Å². The van der Waals surface area contributed by atoms with Crippen molar-refractivity contribution < 1.29 is 13.9 Å². The van der Waals surface area contributed by atoms with Crippen molar-refractivity contribution in [2.45, 2.75) is 20.5 Å². The molecule has 0 bridgehead atoms. The van der Waals surface area contributed by atoms with Crippen LogP contribution in [0.4, 0.5) is 0 Å². The molecule has 0 aliphatic carbocycles. The zero-order valence-electron chi connectivity index (χ0n) is 11.2. The number of hydrazine groups is 1. The molecular formula is C14H15ClN2O3. The molecule has 0 aliphatic rings. The van der Waals surface area contributed by atoms with E-state index in [1.165, 1.54) is 6.26 Å². The largest absolute Gasteiger partial charge is 0.489 e. The first-order chi connectivity index (χ1) is 9.52. The van der Waals surface area contributed by atoms with E-state index in [-0.39, 0.29) is 12.4 Å². The van der Waals surface area contributed by atoms with Crippen molar-refractivity contribution in [1.29, 1.82) is 0 Å². The van der Waals surface area contributed by atoms with Gasteiger partial charge in [-0.3, -0.25) is 10.2 Å². The van der Waals surface area contributed by atoms with Gasteiger partial charge in [-0.25, -0.2) is 5.84 Å². The average molecular weight is 295 g/mol. The van der Waals surface area contributed by atoms with E-state index in [4.69, 9.17) is 26.6 Å². The molecule has 106 valence electrons. The van der Waals surface area contributed by atoms with E-state index in [2.05, 4.69) is 0 Å². The fourth-order valence-corrected chi connectivity index (χ4v) is 1.97. The lowest BCUT2D eigenvalue weighted by Crippen LogP contribution is -2.30. The van der Waals surface area contributed by atoms with E-state index in [1.54, 1.807) is 6.07 Å². The Morgan fingerprint density at radius 3 is 2.65 bits per heavy atom. The van der Waals surface area contributed by atoms with Crippen molar-refractivity contribution in [2.75, 3.05) is 0 Å². The van der Waals surface area contributed by atoms with Crippen molar-refractivity contribution in [2.24, 2.45) is 5.84 Å². The molecule has 1 amide bonds. The number of ether oxygens (including phenoxy) is 1. The Balaban J connectivity index is 2.13. The third-order valence-corrected chi connectivity index (χ3v) is 3.48. The molecule has 0 spiro atoms. The predicted molar refractivity (Wildman–Crippen MR) is 75.6 cm³/mol. The van der Waals surface area contributed by atoms with Gasteiger partial charge in [-0.1, -0.05) is 11.6 Å². The topological polar surface area (TPSA) is 77.5 Å². The smallest absolute Gasteiger partial charge is 0.301 e. The van der Waals surface area contributed by atoms with Gasteiger partial charge in [0.2, 0.25) is 0 Å². The number of carbonyl (C=O) groups excluding carboxylic acids is 1. The van der Waals surface area contributed by atoms with E-state index < -0.39 is 5.91 Å². The van der Waals surface area contributed by atoms with Gasteiger partial charge in [-0.15, -0.1) is 0 Å². The number of halogens is 1. The molecule has 5 nitrogen and oxygen atoms in total. The molecule has 1 aromatic carbocycles. The number of aryl methyl sites for hydroxylation is 2. The number of hydrogen-bond acceptors (Lipinski definition) is 4. The van der Waals surface area contributed by atoms with Crippen molar-refractivity contribution in [3.8, 4) is 5.75 Å². The van der Waals surface area contributed by atoms with E-state index in [0.717, 1.165) is 16.1 Å². The second-order valence-electron chi connectivity index (χ2n) is 4.41. The van der Waals surface area contributed by atoms with Gasteiger partial charge in [0.25, 0.3) is 0 Å². The first-order valence-electron chi connectivity index (χ1n) is 5.99. The van der Waals surface area contributed by atoms with E-state index in [1.807, 2.05) is 31.4 Å². The highest BCUT2D eigenvalue weighted by atomic mass is 35.5. The van der Waals surface area contributed by atoms with Crippen molar-refractivity contribution in [3.63, 3.8) is 0 Å². The van der Waals surface area contributed by atoms with Gasteiger partial charge in [0.05, 0.1) is 6.26 Å². The lowest BCUT2D eigenvalue weighted by atomic mass is 10.1. The third-order valence-electron chi connectivity index (χ3n) is 2.89. The van der Waals surface area contributed by atoms with Crippen molar-refractivity contribution >= 4 is 17.5 Å². The molecule has 0 saturated carbocycles. The Bertz CT molecular complexity index is 614. The van der Waals surface area contributed by atoms with Gasteiger partial charge in [0, 0.05) is 10.6 Å². The quantitative estimate of drug-likeness (QED) is 0.516. The van der Waals surface area contributed by atoms with Gasteiger partial charge in [-0.2, -0.15) is 0 Å². The highest BCUT2D eigenvalue weighted by Crippen LogP contribution is 2.26. The van der Waals surface area contributed by atoms with Gasteiger partial charge >= 0.3 is 5.91 Å². The molecule has 0 radical (unpaired) electrons. The van der Waals surface area contributed by atoms with Gasteiger partial charge in [-0.05, 0) is 43.2 Å². The number of benzene rings is 1. The summed E-state index contributed by atoms with van der Waals surface area (Å²) in [4.78, 5) is 11.5. The summed E-state index contributed by atoms with van der Waals surface area (Å²) in [5.41, 5.74) is 4.53. The second kappa shape index (κ2) is 5.98. The van der Waals surface area contributed by atoms with Gasteiger partial charge in [0.1, 0.15) is 12.4 Å². The molecule has 0 aliphatic heterocycles. The van der Waals surface area contributed by atoms with Crippen LogP contribution in [0.1, 0.15) is 27.2 Å². The summed E-state index contributed by atoms with van der Waals surface area (Å²) in [6.07, 6.45) is 1.42. The van der Waals surface area contributed by atoms with Crippen LogP contribution in [0.2, 0.25) is 5.02 Å². The summed E-state index contributed by atoms with van der Waals surface area (Å²) < 4.78 is 10.7. The normalized spacial score (nSPS) is 10.4. The second-order valence-corrected chi connectivity index (χ2v) is 4.79. The fraction of sp³-hybridized carbons (Fsp3) is 0.214. The Labute approximate surface area is 121 Å². The number of rotatable bonds is 4. The molecule has 2 aromatic rings. The van der Waals surface area contributed by atoms with E-state index >= 15 is 0 Å². The molecule has 2 rings (SSSR count). The summed E-state index contributed by atoms with van der Waals surface area (Å²) >= 11 is 6.10. The maximum atomic E-state index is 11.5. The van der Waals surface area contributed by atoms with Crippen molar-refractivity contribution in [3.05, 3.63) is 51.9 Å². The fourth-order valence-electron chi connectivity index (χ4n) is 1.86. The van der Waals surface area contributed by atoms with Crippen LogP contribution in [0.15, 0.2) is 28.9 Å². The standard InChI is InChI=1S/C14H15ClN2O3/c1-8-5-11(6-9(2)12(8)15)20-7-10-3-4-19-13(10)14(18)17-16/h3-6H,7,16H2,1-2H3,(H,17,18). The summed E-state index contributed by atoms with van der Waals surface area (Å²) in [5.74, 6) is 5.42. The number of nitrogens with one attached hydrogen (secondary N) is 1. The highest BCUT2D eigenvalue weighted by molar-refractivity contribution is 6.32. The molecule has 0 fully saturated rings. The highest BCUT2D eigenvalue weighted by Gasteiger charge is 2.14. The maximum Gasteiger partial charge on any atom is 0.301 e. The van der Waals surface area contributed by atoms with Gasteiger partial charge < -0.3 is 9.15 Å². The summed E-state index contributed by atoms with van der Waals surface area (Å²) in [7, 11) is 0. The molecule has 0 saturated heterocycles. The first-order valence-corrected chi connectivity index (χ1v) is 6.37. The Morgan fingerprint density at radius 1 is 1.40 bits per heavy atom. The lowest BCUT2D eigenvalue weighted by molar-refractivity contribution is 0.0922. The number of hydrogen-bond donors (Lipinski definition) is 2. The van der Waals surface area contributed by atoms with Crippen LogP contribution in [-0.2, 0) is 6.61 Å². The lowest BCUT2D eigenvalue weighted by Gasteiger charge is -2.09. The number of amides is 1. The Hall–Kier alpha value is -1.98. The number of nitrogen functional groups attached to an aromatic ring is 1. The summed E-state index contributed by atoms with van der Waals surface area (Å²) in [5, 5.41) is 0.726. The number of carbonyl (C=O) groups is 1. The number of nitrogens with two attached hydrogens (primary N) is 1. The van der Waals surface area contributed by atoms with Crippen LogP contribution in [0, 0.1) is 13.8 Å². The average Bonchev–Trinajstić information content (AvgIpc) is 2.89. The summed E-state index contributed by atoms with van der Waals surface area (Å²) in [6, 6.07) is 5.36. The zero-order valence-corrected chi connectivity index (χ0v) is 12.0. The minimum Gasteiger partial charge on any atom is -0.489 e. The van der Waals surface area contributed by atoms with E-state index in [9.17, 15) is 4.79 Å². The summed E-state index contributed by atoms with van der Waals surface area (Å²) in [6.45, 7) is 4.03. The predicted octanol–water partition coefficient (Wildman–Crippen LogP) is 2.73. The van der Waals surface area contributed by atoms with Crippen LogP contribution < -0.4 is 16.0 Å². The molecule has 6 heteroatoms. The first kappa shape index (κ1) is 14.4. The molecule has 1 heterocycles. The Morgan fingerprint density at radius 2 is 2.05 bits per heavy atom. The monoisotopic (exact) mass is 294 g/mol. The Kier molecular flexibility index (Phi) is 4.32. The minimum atomic E-state index is -0.489.